The van der Waals surface area contributed by atoms with Gasteiger partial charge in [-0.15, -0.1) is 11.3 Å². The molecule has 1 aliphatic heterocycles. The number of nitrogens with zero attached hydrogens (tertiary/aromatic N) is 3. The minimum atomic E-state index is -1.07. The van der Waals surface area contributed by atoms with E-state index in [2.05, 4.69) is 23.1 Å². The minimum Gasteiger partial charge on any atom is -0.507 e. The molecule has 12 nitrogen and oxygen atoms in total. The molecule has 0 radical (unpaired) electrons. The van der Waals surface area contributed by atoms with Crippen LogP contribution >= 0.6 is 11.3 Å². The number of carbonyl (C=O) groups is 3. The quantitative estimate of drug-likeness (QED) is 0.134. The zero-order chi connectivity index (χ0) is 31.6. The second-order valence-electron chi connectivity index (χ2n) is 10.8. The summed E-state index contributed by atoms with van der Waals surface area (Å²) in [6.07, 6.45) is -0.519. The number of benzene rings is 2. The van der Waals surface area contributed by atoms with E-state index in [4.69, 9.17) is 19.3 Å². The van der Waals surface area contributed by atoms with Gasteiger partial charge in [-0.3, -0.25) is 4.79 Å². The fraction of sp³-hybridized carbons (Fsp3) is 0.367. The Labute approximate surface area is 251 Å². The third-order valence-electron chi connectivity index (χ3n) is 7.15. The van der Waals surface area contributed by atoms with Crippen molar-refractivity contribution in [1.29, 1.82) is 0 Å². The Balaban J connectivity index is 1.27. The Bertz CT molecular complexity index is 1730. The minimum absolute atomic E-state index is 0.00914. The first-order chi connectivity index (χ1) is 20.2. The zero-order valence-electron chi connectivity index (χ0n) is 24.3. The van der Waals surface area contributed by atoms with Crippen LogP contribution in [-0.4, -0.2) is 82.0 Å². The number of carboxylic acid groups (broad SMARTS) is 1. The summed E-state index contributed by atoms with van der Waals surface area (Å²) in [4.78, 5) is 46.2. The van der Waals surface area contributed by atoms with Crippen molar-refractivity contribution in [3.05, 3.63) is 44.8 Å². The predicted octanol–water partition coefficient (Wildman–Crippen LogP) is 2.80. The van der Waals surface area contributed by atoms with E-state index in [0.29, 0.717) is 44.5 Å². The summed E-state index contributed by atoms with van der Waals surface area (Å²) in [5, 5.41) is 31.2. The summed E-state index contributed by atoms with van der Waals surface area (Å²) >= 11 is 1.22. The van der Waals surface area contributed by atoms with Crippen molar-refractivity contribution in [2.24, 2.45) is 4.99 Å². The highest BCUT2D eigenvalue weighted by Crippen LogP contribution is 2.32. The molecule has 0 bridgehead atoms. The molecule has 1 atom stereocenters. The molecule has 3 aromatic rings. The lowest BCUT2D eigenvalue weighted by Gasteiger charge is -2.29. The van der Waals surface area contributed by atoms with Crippen molar-refractivity contribution in [2.45, 2.75) is 45.1 Å². The molecule has 0 saturated carbocycles. The highest BCUT2D eigenvalue weighted by molar-refractivity contribution is 7.20. The standard InChI is InChI=1S/C30H33N3O9S/c1-15-16(2)25(36)23(17(3)24(15)35)30(4,5)13-22(34)33(6)10-7-11-40-29(39)42-18-8-9-19-21(12-18)43-27(32-19)26-31-20(14-41-26)28(37)38/h8-9,12,20,35-36H,2-3,7,10-11,13-14H2,1,4-6H3,(H,37,38)/t20-/m1/s1. The molecule has 0 saturated heterocycles. The maximum absolute atomic E-state index is 13.0. The summed E-state index contributed by atoms with van der Waals surface area (Å²) in [7, 11) is 1.63. The maximum Gasteiger partial charge on any atom is 0.513 e. The average molecular weight is 612 g/mol. The number of thiazole rings is 1. The first-order valence-corrected chi connectivity index (χ1v) is 14.2. The van der Waals surface area contributed by atoms with E-state index >= 15 is 0 Å². The van der Waals surface area contributed by atoms with Crippen LogP contribution in [0.4, 0.5) is 4.79 Å². The molecule has 4 rings (SSSR count). The molecule has 1 amide bonds. The van der Waals surface area contributed by atoms with Crippen LogP contribution in [0, 0.1) is 6.92 Å². The van der Waals surface area contributed by atoms with E-state index in [-0.39, 0.29) is 53.9 Å². The van der Waals surface area contributed by atoms with Crippen molar-refractivity contribution in [1.82, 2.24) is 9.88 Å². The number of carboxylic acids is 1. The Kier molecular flexibility index (Phi) is 8.95. The number of amides is 1. The molecule has 3 N–H and O–H groups in total. The van der Waals surface area contributed by atoms with Gasteiger partial charge >= 0.3 is 12.1 Å². The van der Waals surface area contributed by atoms with E-state index < -0.39 is 23.6 Å². The van der Waals surface area contributed by atoms with Crippen LogP contribution in [0.25, 0.3) is 23.4 Å². The highest BCUT2D eigenvalue weighted by Gasteiger charge is 2.31. The normalized spacial score (nSPS) is 14.7. The van der Waals surface area contributed by atoms with Gasteiger partial charge in [-0.2, -0.15) is 0 Å². The van der Waals surface area contributed by atoms with Crippen molar-refractivity contribution in [3.8, 4) is 17.2 Å². The SMILES string of the molecule is C=c1c(C)c(O)c(=C)c(C(C)(C)CC(=O)N(C)CCCOC(=O)Oc2ccc3nc(C4=N[C@@H](C(=O)O)CO4)sc3c2)c1O. The number of phenolic OH excluding ortho intramolecular Hbond substituents is 2. The molecule has 0 unspecified atom stereocenters. The number of ether oxygens (including phenoxy) is 3. The molecular formula is C30H33N3O9S. The number of aromatic hydroxyl groups is 2. The molecule has 228 valence electrons. The Hall–Kier alpha value is -4.65. The van der Waals surface area contributed by atoms with Crippen molar-refractivity contribution in [3.63, 3.8) is 0 Å². The van der Waals surface area contributed by atoms with Crippen LogP contribution in [0.15, 0.2) is 23.2 Å². The van der Waals surface area contributed by atoms with Gasteiger partial charge in [0.15, 0.2) is 11.0 Å². The number of aliphatic imine (C=N–C) groups is 1. The second kappa shape index (κ2) is 12.3. The van der Waals surface area contributed by atoms with Crippen molar-refractivity contribution in [2.75, 3.05) is 26.8 Å². The summed E-state index contributed by atoms with van der Waals surface area (Å²) in [5.41, 5.74) is 0.565. The number of aliphatic carboxylic acids is 1. The molecule has 1 aromatic heterocycles. The van der Waals surface area contributed by atoms with Gasteiger partial charge in [-0.25, -0.2) is 19.6 Å². The zero-order valence-corrected chi connectivity index (χ0v) is 25.1. The molecule has 0 fully saturated rings. The van der Waals surface area contributed by atoms with E-state index in [1.54, 1.807) is 46.0 Å². The van der Waals surface area contributed by atoms with Crippen molar-refractivity contribution >= 4 is 58.6 Å². The second-order valence-corrected chi connectivity index (χ2v) is 11.9. The van der Waals surface area contributed by atoms with Gasteiger partial charge in [0.2, 0.25) is 11.8 Å². The van der Waals surface area contributed by atoms with Crippen LogP contribution in [0.1, 0.15) is 42.8 Å². The van der Waals surface area contributed by atoms with Gasteiger partial charge in [0.1, 0.15) is 23.9 Å². The molecule has 0 spiro atoms. The van der Waals surface area contributed by atoms with E-state index in [0.717, 1.165) is 0 Å². The van der Waals surface area contributed by atoms with Crippen LogP contribution in [0.3, 0.4) is 0 Å². The lowest BCUT2D eigenvalue weighted by molar-refractivity contribution is -0.138. The van der Waals surface area contributed by atoms with Crippen LogP contribution in [-0.2, 0) is 24.5 Å². The number of hydrogen-bond donors (Lipinski definition) is 3. The van der Waals surface area contributed by atoms with E-state index in [1.165, 1.54) is 16.2 Å². The van der Waals surface area contributed by atoms with Crippen LogP contribution in [0.2, 0.25) is 0 Å². The number of aromatic nitrogens is 1. The largest absolute Gasteiger partial charge is 0.513 e. The van der Waals surface area contributed by atoms with Crippen LogP contribution in [0.5, 0.6) is 17.2 Å². The molecule has 0 aliphatic carbocycles. The van der Waals surface area contributed by atoms with Gasteiger partial charge in [0.05, 0.1) is 16.8 Å². The Morgan fingerprint density at radius 2 is 1.91 bits per heavy atom. The maximum atomic E-state index is 13.0. The number of carbonyl (C=O) groups excluding carboxylic acids is 2. The van der Waals surface area contributed by atoms with Gasteiger partial charge in [0, 0.05) is 53.1 Å². The Morgan fingerprint density at radius 3 is 2.58 bits per heavy atom. The third kappa shape index (κ3) is 6.72. The van der Waals surface area contributed by atoms with Gasteiger partial charge in [-0.1, -0.05) is 27.0 Å². The molecule has 13 heteroatoms. The lowest BCUT2D eigenvalue weighted by atomic mass is 9.78. The van der Waals surface area contributed by atoms with Crippen molar-refractivity contribution < 1.29 is 43.9 Å². The Morgan fingerprint density at radius 1 is 1.19 bits per heavy atom. The molecular weight excluding hydrogens is 578 g/mol. The fourth-order valence-corrected chi connectivity index (χ4v) is 5.62. The van der Waals surface area contributed by atoms with E-state index in [1.807, 2.05) is 0 Å². The number of phenols is 2. The van der Waals surface area contributed by atoms with E-state index in [9.17, 15) is 24.6 Å². The number of hydrogen-bond acceptors (Lipinski definition) is 11. The summed E-state index contributed by atoms with van der Waals surface area (Å²) in [6, 6.07) is 3.85. The molecule has 2 aromatic carbocycles. The van der Waals surface area contributed by atoms with Gasteiger partial charge < -0.3 is 34.4 Å². The summed E-state index contributed by atoms with van der Waals surface area (Å²) < 4.78 is 16.5. The number of rotatable bonds is 10. The monoisotopic (exact) mass is 611 g/mol. The molecule has 2 heterocycles. The number of fused-ring (bicyclic) bond motifs is 1. The third-order valence-corrected chi connectivity index (χ3v) is 8.16. The van der Waals surface area contributed by atoms with Crippen LogP contribution < -0.4 is 15.2 Å². The fourth-order valence-electron chi connectivity index (χ4n) is 4.67. The smallest absolute Gasteiger partial charge is 0.507 e. The topological polar surface area (TPSA) is 168 Å². The first kappa shape index (κ1) is 31.3. The first-order valence-electron chi connectivity index (χ1n) is 13.4. The van der Waals surface area contributed by atoms with Gasteiger partial charge in [0.25, 0.3) is 0 Å². The predicted molar refractivity (Wildman–Crippen MR) is 160 cm³/mol. The summed E-state index contributed by atoms with van der Waals surface area (Å²) in [5.74, 6) is -1.03. The molecule has 43 heavy (non-hydrogen) atoms. The van der Waals surface area contributed by atoms with Gasteiger partial charge in [-0.05, 0) is 25.5 Å². The molecule has 1 aliphatic rings. The lowest BCUT2D eigenvalue weighted by Crippen LogP contribution is -2.37. The average Bonchev–Trinajstić information content (AvgIpc) is 3.60. The summed E-state index contributed by atoms with van der Waals surface area (Å²) in [6.45, 7) is 13.2. The highest BCUT2D eigenvalue weighted by atomic mass is 32.1.